The summed E-state index contributed by atoms with van der Waals surface area (Å²) >= 11 is 14.2. The van der Waals surface area contributed by atoms with Crippen molar-refractivity contribution in [3.8, 4) is 12.1 Å². The van der Waals surface area contributed by atoms with Crippen LogP contribution in [0.1, 0.15) is 27.7 Å². The molecule has 1 atom stereocenters. The maximum atomic E-state index is 13.8. The van der Waals surface area contributed by atoms with Gasteiger partial charge in [0.05, 0.1) is 58.3 Å². The number of nitrogens with zero attached hydrogens (tertiary/aromatic N) is 7. The molecule has 1 unspecified atom stereocenters. The van der Waals surface area contributed by atoms with E-state index in [1.165, 1.54) is 35.7 Å². The van der Waals surface area contributed by atoms with Crippen LogP contribution >= 0.6 is 34.5 Å². The number of halogens is 3. The zero-order valence-corrected chi connectivity index (χ0v) is 25.4. The fourth-order valence-electron chi connectivity index (χ4n) is 4.92. The fourth-order valence-corrected chi connectivity index (χ4v) is 6.27. The monoisotopic (exact) mass is 647 g/mol. The zero-order valence-electron chi connectivity index (χ0n) is 23.1. The van der Waals surface area contributed by atoms with E-state index >= 15 is 0 Å². The number of ether oxygens (including phenoxy) is 1. The number of morpholine rings is 1. The highest BCUT2D eigenvalue weighted by molar-refractivity contribution is 7.10. The van der Waals surface area contributed by atoms with Crippen LogP contribution in [0.25, 0.3) is 10.9 Å². The van der Waals surface area contributed by atoms with Crippen LogP contribution in [0.3, 0.4) is 0 Å². The number of nitrogens with one attached hydrogen (secondary N) is 2. The Morgan fingerprint density at radius 1 is 1.05 bits per heavy atom. The Labute approximate surface area is 266 Å². The van der Waals surface area contributed by atoms with Crippen molar-refractivity contribution in [2.24, 2.45) is 0 Å². The van der Waals surface area contributed by atoms with Crippen LogP contribution in [0.5, 0.6) is 0 Å². The summed E-state index contributed by atoms with van der Waals surface area (Å²) in [6, 6.07) is 13.5. The largest absolute Gasteiger partial charge is 0.379 e. The van der Waals surface area contributed by atoms with Gasteiger partial charge in [-0.2, -0.15) is 10.5 Å². The third-order valence-electron chi connectivity index (χ3n) is 7.18. The maximum absolute atomic E-state index is 13.8. The molecule has 5 aromatic rings. The highest BCUT2D eigenvalue weighted by Crippen LogP contribution is 2.38. The molecule has 0 saturated carbocycles. The summed E-state index contributed by atoms with van der Waals surface area (Å²) in [7, 11) is 0. The van der Waals surface area contributed by atoms with Gasteiger partial charge >= 0.3 is 0 Å². The number of nitriles is 2. The number of fused-ring (bicyclic) bond motifs is 1. The summed E-state index contributed by atoms with van der Waals surface area (Å²) < 4.78 is 21.1. The van der Waals surface area contributed by atoms with Gasteiger partial charge in [-0.3, -0.25) is 14.6 Å². The van der Waals surface area contributed by atoms with E-state index in [0.717, 1.165) is 37.7 Å². The lowest BCUT2D eigenvalue weighted by Gasteiger charge is -2.26. The second-order valence-corrected chi connectivity index (χ2v) is 11.8. The molecule has 1 fully saturated rings. The number of hydrogen-bond acceptors (Lipinski definition) is 10. The third kappa shape index (κ3) is 6.45. The summed E-state index contributed by atoms with van der Waals surface area (Å²) in [6.07, 6.45) is 3.33. The first-order valence-electron chi connectivity index (χ1n) is 13.6. The van der Waals surface area contributed by atoms with E-state index < -0.39 is 11.9 Å². The molecule has 3 aromatic heterocycles. The van der Waals surface area contributed by atoms with Gasteiger partial charge in [-0.1, -0.05) is 28.4 Å². The first-order valence-corrected chi connectivity index (χ1v) is 15.2. The number of hydrogen-bond donors (Lipinski definition) is 2. The van der Waals surface area contributed by atoms with Gasteiger partial charge in [0.15, 0.2) is 0 Å². The summed E-state index contributed by atoms with van der Waals surface area (Å²) in [5.41, 5.74) is 3.50. The molecular weight excluding hydrogens is 624 g/mol. The van der Waals surface area contributed by atoms with Gasteiger partial charge in [0, 0.05) is 52.8 Å². The lowest BCUT2D eigenvalue weighted by Crippen LogP contribution is -2.38. The first kappa shape index (κ1) is 29.8. The lowest BCUT2D eigenvalue weighted by molar-refractivity contribution is 0.0359. The maximum Gasteiger partial charge on any atom is 0.141 e. The highest BCUT2D eigenvalue weighted by Gasteiger charge is 2.22. The summed E-state index contributed by atoms with van der Waals surface area (Å²) in [6.45, 7) is 4.71. The number of thiophene rings is 1. The van der Waals surface area contributed by atoms with Gasteiger partial charge in [0.25, 0.3) is 0 Å². The average molecular weight is 649 g/mol. The number of aromatic nitrogens is 4. The van der Waals surface area contributed by atoms with E-state index in [4.69, 9.17) is 27.9 Å². The zero-order chi connectivity index (χ0) is 30.6. The molecule has 0 bridgehead atoms. The van der Waals surface area contributed by atoms with Gasteiger partial charge in [0.2, 0.25) is 0 Å². The second kappa shape index (κ2) is 13.1. The number of pyridine rings is 1. The van der Waals surface area contributed by atoms with Crippen molar-refractivity contribution in [1.29, 1.82) is 10.5 Å². The molecule has 1 aliphatic heterocycles. The predicted molar refractivity (Wildman–Crippen MR) is 168 cm³/mol. The Bertz CT molecular complexity index is 1910. The van der Waals surface area contributed by atoms with E-state index in [1.54, 1.807) is 11.4 Å². The molecule has 2 aromatic carbocycles. The molecule has 1 saturated heterocycles. The predicted octanol–water partition coefficient (Wildman–Crippen LogP) is 6.35. The van der Waals surface area contributed by atoms with Crippen LogP contribution in [0.2, 0.25) is 10.0 Å². The molecule has 1 aliphatic rings. The minimum absolute atomic E-state index is 0.0548. The van der Waals surface area contributed by atoms with Crippen LogP contribution < -0.4 is 10.6 Å². The lowest BCUT2D eigenvalue weighted by atomic mass is 10.1. The highest BCUT2D eigenvalue weighted by atomic mass is 35.5. The normalized spacial score (nSPS) is 14.2. The topological polar surface area (TPSA) is 128 Å². The van der Waals surface area contributed by atoms with Crippen LogP contribution in [0, 0.1) is 28.5 Å². The number of benzene rings is 2. The Balaban J connectivity index is 1.35. The molecule has 0 spiro atoms. The van der Waals surface area contributed by atoms with Crippen molar-refractivity contribution < 1.29 is 9.13 Å². The van der Waals surface area contributed by atoms with Crippen molar-refractivity contribution in [1.82, 2.24) is 24.9 Å². The van der Waals surface area contributed by atoms with Crippen LogP contribution in [0.4, 0.5) is 21.5 Å². The molecule has 4 heterocycles. The van der Waals surface area contributed by atoms with E-state index in [9.17, 15) is 14.9 Å². The average Bonchev–Trinajstić information content (AvgIpc) is 3.72. The molecule has 14 heteroatoms. The molecule has 2 N–H and O–H groups in total. The molecular formula is C30H24Cl2FN9OS. The van der Waals surface area contributed by atoms with E-state index in [1.807, 2.05) is 23.0 Å². The molecule has 0 amide bonds. The Kier molecular flexibility index (Phi) is 8.89. The van der Waals surface area contributed by atoms with Gasteiger partial charge in [-0.25, -0.2) is 4.39 Å². The van der Waals surface area contributed by atoms with Crippen molar-refractivity contribution in [3.63, 3.8) is 0 Å². The third-order valence-corrected chi connectivity index (χ3v) is 8.76. The van der Waals surface area contributed by atoms with Crippen LogP contribution in [-0.4, -0.2) is 57.7 Å². The minimum atomic E-state index is -0.552. The van der Waals surface area contributed by atoms with Crippen molar-refractivity contribution in [2.75, 3.05) is 43.5 Å². The SMILES string of the molecule is N#Cc1csc(C(Nc2cc(Cl)c3ncc(C#N)c(Nc4ccc(F)c(Cl)c4)c3c2)c2cn(CCN3CCOCC3)nn2)c1. The molecule has 222 valence electrons. The Morgan fingerprint density at radius 2 is 1.86 bits per heavy atom. The standard InChI is InChI=1S/C30H24Cl2FN9OS/c31-23-11-20(1-2-25(23)33)37-28-19(14-35)15-36-29-22(28)10-21(12-24(29)32)38-30(27-9-18(13-34)17-44-27)26-16-42(40-39-26)4-3-41-5-7-43-8-6-41/h1-2,9-12,15-17,30,38H,3-8H2,(H,36,37). The molecule has 6 rings (SSSR count). The van der Waals surface area contributed by atoms with Gasteiger partial charge < -0.3 is 15.4 Å². The molecule has 0 radical (unpaired) electrons. The van der Waals surface area contributed by atoms with Crippen molar-refractivity contribution >= 4 is 62.5 Å². The minimum Gasteiger partial charge on any atom is -0.379 e. The number of rotatable bonds is 9. The Morgan fingerprint density at radius 3 is 2.61 bits per heavy atom. The quantitative estimate of drug-likeness (QED) is 0.188. The second-order valence-electron chi connectivity index (χ2n) is 10.1. The van der Waals surface area contributed by atoms with Gasteiger partial charge in [0.1, 0.15) is 29.7 Å². The summed E-state index contributed by atoms with van der Waals surface area (Å²) in [5, 5.41) is 37.6. The van der Waals surface area contributed by atoms with E-state index in [-0.39, 0.29) is 10.6 Å². The smallest absolute Gasteiger partial charge is 0.141 e. The summed E-state index contributed by atoms with van der Waals surface area (Å²) in [4.78, 5) is 7.61. The van der Waals surface area contributed by atoms with Crippen molar-refractivity contribution in [3.05, 3.63) is 91.7 Å². The van der Waals surface area contributed by atoms with Crippen molar-refractivity contribution in [2.45, 2.75) is 12.6 Å². The van der Waals surface area contributed by atoms with Gasteiger partial charge in [-0.05, 0) is 36.4 Å². The molecule has 44 heavy (non-hydrogen) atoms. The van der Waals surface area contributed by atoms with Crippen LogP contribution in [-0.2, 0) is 11.3 Å². The van der Waals surface area contributed by atoms with E-state index in [0.29, 0.717) is 50.8 Å². The fraction of sp³-hybridized carbons (Fsp3) is 0.233. The number of anilines is 3. The van der Waals surface area contributed by atoms with Gasteiger partial charge in [-0.15, -0.1) is 16.4 Å². The van der Waals surface area contributed by atoms with Crippen LogP contribution in [0.15, 0.2) is 54.2 Å². The van der Waals surface area contributed by atoms with E-state index in [2.05, 4.69) is 43.0 Å². The Hall–Kier alpha value is -4.30. The summed E-state index contributed by atoms with van der Waals surface area (Å²) in [5.74, 6) is -0.552. The molecule has 0 aliphatic carbocycles. The first-order chi connectivity index (χ1) is 21.4. The molecule has 10 nitrogen and oxygen atoms in total.